The molecule has 1 heterocycles. The maximum Gasteiger partial charge on any atom is 0.0728 e. The summed E-state index contributed by atoms with van der Waals surface area (Å²) in [5.74, 6) is 0.912. The zero-order valence-electron chi connectivity index (χ0n) is 10.4. The Balaban J connectivity index is 1.89. The second-order valence-corrected chi connectivity index (χ2v) is 4.87. The van der Waals surface area contributed by atoms with Gasteiger partial charge in [0.2, 0.25) is 0 Å². The van der Waals surface area contributed by atoms with Gasteiger partial charge in [-0.3, -0.25) is 4.68 Å². The highest BCUT2D eigenvalue weighted by atomic mass is 15.3. The Hall–Kier alpha value is -0.990. The number of anilines is 1. The molecule has 1 aliphatic carbocycles. The second-order valence-electron chi connectivity index (χ2n) is 4.87. The number of aryl methyl sites for hydroxylation is 1. The van der Waals surface area contributed by atoms with Crippen LogP contribution in [0.4, 0.5) is 5.69 Å². The molecule has 0 bridgehead atoms. The standard InChI is InChI=1S/C13H23N3/c1-3-5-13(11-6-7-11)15-12-9-14-16(10-12)8-4-2/h9-11,13,15H,3-8H2,1-2H3. The van der Waals surface area contributed by atoms with Gasteiger partial charge in [-0.05, 0) is 31.6 Å². The number of rotatable bonds is 7. The van der Waals surface area contributed by atoms with Crippen LogP contribution in [-0.2, 0) is 6.54 Å². The van der Waals surface area contributed by atoms with Crippen LogP contribution < -0.4 is 5.32 Å². The van der Waals surface area contributed by atoms with Crippen molar-refractivity contribution in [1.82, 2.24) is 9.78 Å². The van der Waals surface area contributed by atoms with Gasteiger partial charge in [0.25, 0.3) is 0 Å². The molecule has 3 heteroatoms. The minimum atomic E-state index is 0.671. The first-order valence-corrected chi connectivity index (χ1v) is 6.62. The van der Waals surface area contributed by atoms with Gasteiger partial charge in [-0.15, -0.1) is 0 Å². The van der Waals surface area contributed by atoms with E-state index in [1.54, 1.807) is 0 Å². The molecule has 1 aliphatic rings. The van der Waals surface area contributed by atoms with Crippen LogP contribution >= 0.6 is 0 Å². The lowest BCUT2D eigenvalue weighted by Crippen LogP contribution is -2.21. The van der Waals surface area contributed by atoms with Crippen LogP contribution in [0.25, 0.3) is 0 Å². The Morgan fingerprint density at radius 1 is 1.44 bits per heavy atom. The van der Waals surface area contributed by atoms with Crippen molar-refractivity contribution in [3.63, 3.8) is 0 Å². The van der Waals surface area contributed by atoms with Crippen molar-refractivity contribution in [2.24, 2.45) is 5.92 Å². The molecule has 3 nitrogen and oxygen atoms in total. The molecule has 16 heavy (non-hydrogen) atoms. The monoisotopic (exact) mass is 221 g/mol. The highest BCUT2D eigenvalue weighted by Crippen LogP contribution is 2.36. The van der Waals surface area contributed by atoms with Gasteiger partial charge < -0.3 is 5.32 Å². The van der Waals surface area contributed by atoms with E-state index in [4.69, 9.17) is 0 Å². The Bertz CT molecular complexity index is 315. The normalized spacial score (nSPS) is 17.4. The van der Waals surface area contributed by atoms with Crippen LogP contribution in [0, 0.1) is 5.92 Å². The lowest BCUT2D eigenvalue weighted by molar-refractivity contribution is 0.577. The van der Waals surface area contributed by atoms with Gasteiger partial charge in [0.15, 0.2) is 0 Å². The maximum absolute atomic E-state index is 4.35. The Kier molecular flexibility index (Phi) is 3.86. The van der Waals surface area contributed by atoms with E-state index >= 15 is 0 Å². The quantitative estimate of drug-likeness (QED) is 0.765. The fourth-order valence-electron chi connectivity index (χ4n) is 2.24. The molecule has 1 aromatic rings. The smallest absolute Gasteiger partial charge is 0.0728 e. The number of hydrogen-bond acceptors (Lipinski definition) is 2. The van der Waals surface area contributed by atoms with E-state index in [-0.39, 0.29) is 0 Å². The summed E-state index contributed by atoms with van der Waals surface area (Å²) in [6, 6.07) is 0.671. The number of nitrogens with zero attached hydrogens (tertiary/aromatic N) is 2. The summed E-state index contributed by atoms with van der Waals surface area (Å²) >= 11 is 0. The van der Waals surface area contributed by atoms with Crippen LogP contribution in [0.1, 0.15) is 46.0 Å². The Labute approximate surface area is 98.2 Å². The fraction of sp³-hybridized carbons (Fsp3) is 0.769. The Morgan fingerprint density at radius 3 is 2.88 bits per heavy atom. The predicted octanol–water partition coefficient (Wildman–Crippen LogP) is 3.28. The first-order chi connectivity index (χ1) is 7.83. The van der Waals surface area contributed by atoms with Crippen LogP contribution in [0.2, 0.25) is 0 Å². The number of aromatic nitrogens is 2. The minimum Gasteiger partial charge on any atom is -0.379 e. The van der Waals surface area contributed by atoms with Crippen LogP contribution in [0.15, 0.2) is 12.4 Å². The first kappa shape index (κ1) is 11.5. The van der Waals surface area contributed by atoms with Crippen LogP contribution in [-0.4, -0.2) is 15.8 Å². The molecule has 0 amide bonds. The van der Waals surface area contributed by atoms with E-state index in [0.29, 0.717) is 6.04 Å². The maximum atomic E-state index is 4.35. The first-order valence-electron chi connectivity index (χ1n) is 6.62. The lowest BCUT2D eigenvalue weighted by atomic mass is 10.1. The van der Waals surface area contributed by atoms with E-state index in [9.17, 15) is 0 Å². The fourth-order valence-corrected chi connectivity index (χ4v) is 2.24. The largest absolute Gasteiger partial charge is 0.379 e. The molecule has 2 rings (SSSR count). The lowest BCUT2D eigenvalue weighted by Gasteiger charge is -2.17. The molecular weight excluding hydrogens is 198 g/mol. The summed E-state index contributed by atoms with van der Waals surface area (Å²) in [5, 5.41) is 7.99. The summed E-state index contributed by atoms with van der Waals surface area (Å²) in [4.78, 5) is 0. The molecule has 1 atom stereocenters. The molecule has 1 aromatic heterocycles. The van der Waals surface area contributed by atoms with Gasteiger partial charge >= 0.3 is 0 Å². The molecule has 0 radical (unpaired) electrons. The zero-order valence-corrected chi connectivity index (χ0v) is 10.4. The van der Waals surface area contributed by atoms with Crippen molar-refractivity contribution in [1.29, 1.82) is 0 Å². The number of nitrogens with one attached hydrogen (secondary N) is 1. The third kappa shape index (κ3) is 3.00. The molecule has 1 saturated carbocycles. The second kappa shape index (κ2) is 5.37. The summed E-state index contributed by atoms with van der Waals surface area (Å²) in [6.45, 7) is 5.46. The van der Waals surface area contributed by atoms with Gasteiger partial charge in [-0.2, -0.15) is 5.10 Å². The molecule has 1 fully saturated rings. The molecule has 0 saturated heterocycles. The molecule has 1 unspecified atom stereocenters. The van der Waals surface area contributed by atoms with Crippen LogP contribution in [0.5, 0.6) is 0 Å². The Morgan fingerprint density at radius 2 is 2.25 bits per heavy atom. The van der Waals surface area contributed by atoms with Gasteiger partial charge in [-0.1, -0.05) is 20.3 Å². The van der Waals surface area contributed by atoms with E-state index in [2.05, 4.69) is 30.5 Å². The zero-order chi connectivity index (χ0) is 11.4. The summed E-state index contributed by atoms with van der Waals surface area (Å²) in [6.07, 6.45) is 10.6. The van der Waals surface area contributed by atoms with E-state index in [0.717, 1.165) is 18.9 Å². The summed E-state index contributed by atoms with van der Waals surface area (Å²) in [7, 11) is 0. The van der Waals surface area contributed by atoms with Crippen molar-refractivity contribution in [3.8, 4) is 0 Å². The van der Waals surface area contributed by atoms with Crippen molar-refractivity contribution in [2.75, 3.05) is 5.32 Å². The molecule has 0 spiro atoms. The van der Waals surface area contributed by atoms with E-state index in [1.807, 2.05) is 10.9 Å². The van der Waals surface area contributed by atoms with Gasteiger partial charge in [0.1, 0.15) is 0 Å². The highest BCUT2D eigenvalue weighted by Gasteiger charge is 2.30. The average molecular weight is 221 g/mol. The topological polar surface area (TPSA) is 29.9 Å². The minimum absolute atomic E-state index is 0.671. The van der Waals surface area contributed by atoms with Crippen LogP contribution in [0.3, 0.4) is 0 Å². The third-order valence-electron chi connectivity index (χ3n) is 3.23. The van der Waals surface area contributed by atoms with Gasteiger partial charge in [0.05, 0.1) is 11.9 Å². The predicted molar refractivity (Wildman–Crippen MR) is 67.6 cm³/mol. The van der Waals surface area contributed by atoms with E-state index < -0.39 is 0 Å². The van der Waals surface area contributed by atoms with Crippen molar-refractivity contribution < 1.29 is 0 Å². The van der Waals surface area contributed by atoms with E-state index in [1.165, 1.54) is 31.4 Å². The SMILES string of the molecule is CCCC(Nc1cnn(CCC)c1)C1CC1. The van der Waals surface area contributed by atoms with Gasteiger partial charge in [0, 0.05) is 18.8 Å². The summed E-state index contributed by atoms with van der Waals surface area (Å²) < 4.78 is 2.03. The molecular formula is C13H23N3. The van der Waals surface area contributed by atoms with Crippen molar-refractivity contribution in [2.45, 2.75) is 58.5 Å². The number of hydrogen-bond donors (Lipinski definition) is 1. The van der Waals surface area contributed by atoms with Crippen molar-refractivity contribution >= 4 is 5.69 Å². The molecule has 90 valence electrons. The third-order valence-corrected chi connectivity index (χ3v) is 3.23. The molecule has 1 N–H and O–H groups in total. The van der Waals surface area contributed by atoms with Crippen molar-refractivity contribution in [3.05, 3.63) is 12.4 Å². The van der Waals surface area contributed by atoms with Gasteiger partial charge in [-0.25, -0.2) is 0 Å². The average Bonchev–Trinajstić information content (AvgIpc) is 3.02. The summed E-state index contributed by atoms with van der Waals surface area (Å²) in [5.41, 5.74) is 1.19. The molecule has 0 aliphatic heterocycles. The molecule has 0 aromatic carbocycles. The highest BCUT2D eigenvalue weighted by molar-refractivity contribution is 5.39.